The van der Waals surface area contributed by atoms with Crippen molar-refractivity contribution >= 4 is 5.57 Å². The van der Waals surface area contributed by atoms with Gasteiger partial charge in [0.1, 0.15) is 12.1 Å². The Morgan fingerprint density at radius 1 is 1.00 bits per heavy atom. The zero-order valence-electron chi connectivity index (χ0n) is 13.5. The summed E-state index contributed by atoms with van der Waals surface area (Å²) >= 11 is 0. The molecule has 0 saturated heterocycles. The van der Waals surface area contributed by atoms with E-state index >= 15 is 0 Å². The van der Waals surface area contributed by atoms with E-state index in [-0.39, 0.29) is 0 Å². The molecule has 2 heterocycles. The first kappa shape index (κ1) is 15.7. The highest BCUT2D eigenvalue weighted by Gasteiger charge is 2.13. The quantitative estimate of drug-likeness (QED) is 0.665. The minimum Gasteiger partial charge on any atom is -0.504 e. The molecule has 0 bridgehead atoms. The third-order valence-electron chi connectivity index (χ3n) is 3.35. The molecule has 0 aliphatic heterocycles. The Morgan fingerprint density at radius 3 is 2.58 bits per heavy atom. The number of hydrogen-bond acceptors (Lipinski definition) is 5. The van der Waals surface area contributed by atoms with E-state index in [1.54, 1.807) is 25.6 Å². The average Bonchev–Trinajstić information content (AvgIpc) is 2.61. The Hall–Kier alpha value is -3.21. The lowest BCUT2D eigenvalue weighted by atomic mass is 10.0. The fourth-order valence-electron chi connectivity index (χ4n) is 2.28. The lowest BCUT2D eigenvalue weighted by molar-refractivity contribution is 0.339. The Morgan fingerprint density at radius 2 is 1.83 bits per heavy atom. The van der Waals surface area contributed by atoms with Gasteiger partial charge in [-0.05, 0) is 25.1 Å². The van der Waals surface area contributed by atoms with E-state index in [1.807, 2.05) is 49.4 Å². The number of benzene rings is 1. The van der Waals surface area contributed by atoms with Crippen LogP contribution in [0.5, 0.6) is 11.6 Å². The molecule has 2 aromatic heterocycles. The van der Waals surface area contributed by atoms with Crippen LogP contribution in [0.3, 0.4) is 0 Å². The molecule has 0 fully saturated rings. The van der Waals surface area contributed by atoms with Gasteiger partial charge in [0.05, 0.1) is 19.1 Å². The molecule has 0 spiro atoms. The highest BCUT2D eigenvalue weighted by Crippen LogP contribution is 2.32. The molecule has 0 atom stereocenters. The van der Waals surface area contributed by atoms with Gasteiger partial charge in [-0.1, -0.05) is 24.3 Å². The van der Waals surface area contributed by atoms with E-state index in [0.717, 1.165) is 22.5 Å². The molecule has 3 aromatic rings. The van der Waals surface area contributed by atoms with Gasteiger partial charge in [-0.15, -0.1) is 0 Å². The molecule has 0 N–H and O–H groups in total. The van der Waals surface area contributed by atoms with Gasteiger partial charge in [0.25, 0.3) is 0 Å². The van der Waals surface area contributed by atoms with Crippen molar-refractivity contribution in [2.45, 2.75) is 6.92 Å². The summed E-state index contributed by atoms with van der Waals surface area (Å²) < 4.78 is 11.2. The van der Waals surface area contributed by atoms with Crippen LogP contribution in [0.2, 0.25) is 0 Å². The van der Waals surface area contributed by atoms with E-state index in [2.05, 4.69) is 15.0 Å². The summed E-state index contributed by atoms with van der Waals surface area (Å²) in [7, 11) is 1.61. The van der Waals surface area contributed by atoms with E-state index in [4.69, 9.17) is 9.47 Å². The first-order chi connectivity index (χ1) is 11.8. The van der Waals surface area contributed by atoms with Gasteiger partial charge in [0.2, 0.25) is 5.88 Å². The predicted octanol–water partition coefficient (Wildman–Crippen LogP) is 4.01. The van der Waals surface area contributed by atoms with Crippen molar-refractivity contribution in [2.75, 3.05) is 7.11 Å². The van der Waals surface area contributed by atoms with E-state index < -0.39 is 0 Å². The molecule has 24 heavy (non-hydrogen) atoms. The SMILES string of the molecule is CO/C=C(/c1ccccn1)c1ccccc1Oc1cc(C)ncn1. The van der Waals surface area contributed by atoms with E-state index in [0.29, 0.717) is 11.6 Å². The number of aromatic nitrogens is 3. The first-order valence-corrected chi connectivity index (χ1v) is 7.48. The molecule has 0 amide bonds. The predicted molar refractivity (Wildman–Crippen MR) is 91.6 cm³/mol. The molecule has 5 heteroatoms. The normalized spacial score (nSPS) is 11.2. The monoisotopic (exact) mass is 319 g/mol. The first-order valence-electron chi connectivity index (χ1n) is 7.48. The van der Waals surface area contributed by atoms with Gasteiger partial charge < -0.3 is 9.47 Å². The molecular formula is C19H17N3O2. The molecule has 0 aliphatic carbocycles. The second-order valence-corrected chi connectivity index (χ2v) is 5.08. The van der Waals surface area contributed by atoms with Gasteiger partial charge in [-0.25, -0.2) is 9.97 Å². The Bertz CT molecular complexity index is 848. The summed E-state index contributed by atoms with van der Waals surface area (Å²) in [6.45, 7) is 1.89. The largest absolute Gasteiger partial charge is 0.504 e. The third kappa shape index (κ3) is 3.57. The van der Waals surface area contributed by atoms with Crippen LogP contribution in [-0.4, -0.2) is 22.1 Å². The Kier molecular flexibility index (Phi) is 4.81. The smallest absolute Gasteiger partial charge is 0.222 e. The number of rotatable bonds is 5. The zero-order valence-corrected chi connectivity index (χ0v) is 13.5. The van der Waals surface area contributed by atoms with Gasteiger partial charge >= 0.3 is 0 Å². The molecule has 5 nitrogen and oxygen atoms in total. The van der Waals surface area contributed by atoms with Gasteiger partial charge in [0.15, 0.2) is 0 Å². The van der Waals surface area contributed by atoms with Crippen molar-refractivity contribution in [1.29, 1.82) is 0 Å². The van der Waals surface area contributed by atoms with Crippen molar-refractivity contribution in [3.8, 4) is 11.6 Å². The number of aryl methyl sites for hydroxylation is 1. The van der Waals surface area contributed by atoms with Gasteiger partial charge in [0, 0.05) is 29.1 Å². The molecule has 0 unspecified atom stereocenters. The van der Waals surface area contributed by atoms with Crippen LogP contribution in [-0.2, 0) is 4.74 Å². The summed E-state index contributed by atoms with van der Waals surface area (Å²) in [6.07, 6.45) is 4.89. The van der Waals surface area contributed by atoms with Crippen molar-refractivity contribution in [3.63, 3.8) is 0 Å². The van der Waals surface area contributed by atoms with Crippen molar-refractivity contribution < 1.29 is 9.47 Å². The maximum Gasteiger partial charge on any atom is 0.222 e. The highest BCUT2D eigenvalue weighted by atomic mass is 16.5. The molecular weight excluding hydrogens is 302 g/mol. The molecule has 1 aromatic carbocycles. The van der Waals surface area contributed by atoms with E-state index in [9.17, 15) is 0 Å². The maximum atomic E-state index is 5.96. The molecule has 0 saturated carbocycles. The van der Waals surface area contributed by atoms with Gasteiger partial charge in [-0.3, -0.25) is 4.98 Å². The molecule has 0 radical (unpaired) electrons. The van der Waals surface area contributed by atoms with Crippen molar-refractivity contribution in [3.05, 3.63) is 84.3 Å². The second-order valence-electron chi connectivity index (χ2n) is 5.08. The van der Waals surface area contributed by atoms with Crippen LogP contribution in [0.1, 0.15) is 17.0 Å². The highest BCUT2D eigenvalue weighted by molar-refractivity contribution is 5.80. The van der Waals surface area contributed by atoms with Crippen molar-refractivity contribution in [2.24, 2.45) is 0 Å². The maximum absolute atomic E-state index is 5.96. The summed E-state index contributed by atoms with van der Waals surface area (Å²) in [5, 5.41) is 0. The molecule has 0 aliphatic rings. The molecule has 120 valence electrons. The van der Waals surface area contributed by atoms with Crippen LogP contribution in [0.15, 0.2) is 67.3 Å². The third-order valence-corrected chi connectivity index (χ3v) is 3.35. The number of ether oxygens (including phenoxy) is 2. The van der Waals surface area contributed by atoms with Gasteiger partial charge in [-0.2, -0.15) is 0 Å². The Labute approximate surface area is 140 Å². The number of pyridine rings is 1. The average molecular weight is 319 g/mol. The van der Waals surface area contributed by atoms with Crippen molar-refractivity contribution in [1.82, 2.24) is 15.0 Å². The molecule has 3 rings (SSSR count). The number of para-hydroxylation sites is 1. The minimum absolute atomic E-state index is 0.493. The fraction of sp³-hybridized carbons (Fsp3) is 0.105. The standard InChI is InChI=1S/C19H17N3O2/c1-14-11-19(22-13-21-14)24-18-9-4-3-7-15(18)16(12-23-2)17-8-5-6-10-20-17/h3-13H,1-2H3/b16-12+. The zero-order chi connectivity index (χ0) is 16.8. The lowest BCUT2D eigenvalue weighted by Gasteiger charge is -2.13. The number of methoxy groups -OCH3 is 1. The van der Waals surface area contributed by atoms with Crippen LogP contribution >= 0.6 is 0 Å². The number of hydrogen-bond donors (Lipinski definition) is 0. The minimum atomic E-state index is 0.493. The van der Waals surface area contributed by atoms with Crippen LogP contribution in [0, 0.1) is 6.92 Å². The number of nitrogens with zero attached hydrogens (tertiary/aromatic N) is 3. The summed E-state index contributed by atoms with van der Waals surface area (Å²) in [4.78, 5) is 12.6. The van der Waals surface area contributed by atoms with Crippen LogP contribution in [0.4, 0.5) is 0 Å². The summed E-state index contributed by atoms with van der Waals surface area (Å²) in [5.41, 5.74) is 3.35. The second kappa shape index (κ2) is 7.37. The van der Waals surface area contributed by atoms with Crippen LogP contribution in [0.25, 0.3) is 5.57 Å². The Balaban J connectivity index is 2.03. The topological polar surface area (TPSA) is 57.1 Å². The fourth-order valence-corrected chi connectivity index (χ4v) is 2.28. The summed E-state index contributed by atoms with van der Waals surface area (Å²) in [5.74, 6) is 1.16. The lowest BCUT2D eigenvalue weighted by Crippen LogP contribution is -1.97. The van der Waals surface area contributed by atoms with E-state index in [1.165, 1.54) is 6.33 Å². The van der Waals surface area contributed by atoms with Crippen LogP contribution < -0.4 is 4.74 Å². The summed E-state index contributed by atoms with van der Waals surface area (Å²) in [6, 6.07) is 15.2.